The lowest BCUT2D eigenvalue weighted by Gasteiger charge is -2.20. The highest BCUT2D eigenvalue weighted by molar-refractivity contribution is 5.87. The predicted octanol–water partition coefficient (Wildman–Crippen LogP) is 3.05. The van der Waals surface area contributed by atoms with E-state index in [1.165, 1.54) is 6.07 Å². The molecule has 1 aromatic carbocycles. The molecule has 1 atom stereocenters. The van der Waals surface area contributed by atoms with E-state index in [9.17, 15) is 15.0 Å². The molecule has 1 aromatic rings. The predicted molar refractivity (Wildman–Crippen MR) is 78.0 cm³/mol. The number of aliphatic hydroxyl groups excluding tert-OH is 1. The Morgan fingerprint density at radius 2 is 2.05 bits per heavy atom. The van der Waals surface area contributed by atoms with Gasteiger partial charge in [-0.25, -0.2) is 4.79 Å². The maximum absolute atomic E-state index is 11.7. The zero-order chi connectivity index (χ0) is 15.3. The van der Waals surface area contributed by atoms with Crippen LogP contribution in [0.4, 0.5) is 10.5 Å². The molecule has 0 saturated heterocycles. The highest BCUT2D eigenvalue weighted by Crippen LogP contribution is 2.25. The van der Waals surface area contributed by atoms with E-state index >= 15 is 0 Å². The molecule has 0 bridgehead atoms. The summed E-state index contributed by atoms with van der Waals surface area (Å²) in [5.41, 5.74) is 0.640. The molecule has 0 radical (unpaired) electrons. The summed E-state index contributed by atoms with van der Waals surface area (Å²) in [5.74, 6) is -0.0170. The summed E-state index contributed by atoms with van der Waals surface area (Å²) in [4.78, 5) is 11.7. The van der Waals surface area contributed by atoms with Gasteiger partial charge in [0.05, 0.1) is 11.8 Å². The van der Waals surface area contributed by atoms with Crippen molar-refractivity contribution in [2.45, 2.75) is 52.2 Å². The van der Waals surface area contributed by atoms with Gasteiger partial charge in [-0.15, -0.1) is 0 Å². The maximum atomic E-state index is 11.7. The molecule has 1 amide bonds. The van der Waals surface area contributed by atoms with Crippen LogP contribution in [0, 0.1) is 0 Å². The van der Waals surface area contributed by atoms with Crippen molar-refractivity contribution < 1.29 is 19.7 Å². The molecule has 0 aliphatic rings. The normalized spacial score (nSPS) is 12.8. The summed E-state index contributed by atoms with van der Waals surface area (Å²) in [6, 6.07) is 4.96. The molecular weight excluding hydrogens is 258 g/mol. The number of ether oxygens (including phenoxy) is 1. The first-order valence-electron chi connectivity index (χ1n) is 6.67. The Kier molecular flexibility index (Phi) is 5.39. The Morgan fingerprint density at radius 3 is 2.60 bits per heavy atom. The van der Waals surface area contributed by atoms with Gasteiger partial charge in [-0.05, 0) is 58.2 Å². The number of anilines is 1. The molecule has 5 heteroatoms. The van der Waals surface area contributed by atoms with Crippen molar-refractivity contribution in [1.29, 1.82) is 0 Å². The van der Waals surface area contributed by atoms with E-state index in [4.69, 9.17) is 4.74 Å². The van der Waals surface area contributed by atoms with E-state index in [1.807, 2.05) is 0 Å². The number of hydrogen-bond acceptors (Lipinski definition) is 4. The van der Waals surface area contributed by atoms with Gasteiger partial charge >= 0.3 is 6.09 Å². The largest absolute Gasteiger partial charge is 0.506 e. The van der Waals surface area contributed by atoms with Crippen molar-refractivity contribution in [1.82, 2.24) is 0 Å². The number of benzene rings is 1. The van der Waals surface area contributed by atoms with E-state index in [0.717, 1.165) is 5.56 Å². The zero-order valence-electron chi connectivity index (χ0n) is 12.4. The molecule has 112 valence electrons. The number of amides is 1. The minimum atomic E-state index is -0.611. The van der Waals surface area contributed by atoms with Crippen LogP contribution in [0.15, 0.2) is 18.2 Å². The minimum absolute atomic E-state index is 0.0170. The fraction of sp³-hybridized carbons (Fsp3) is 0.533. The molecule has 5 nitrogen and oxygen atoms in total. The van der Waals surface area contributed by atoms with Gasteiger partial charge in [0.15, 0.2) is 0 Å². The Bertz CT molecular complexity index is 463. The highest BCUT2D eigenvalue weighted by atomic mass is 16.6. The number of phenolic OH excluding ortho intramolecular Hbond substituents is 1. The molecule has 0 unspecified atom stereocenters. The Balaban J connectivity index is 2.73. The molecule has 1 rings (SSSR count). The third kappa shape index (κ3) is 5.93. The smallest absolute Gasteiger partial charge is 0.412 e. The van der Waals surface area contributed by atoms with Crippen LogP contribution in [0.25, 0.3) is 0 Å². The number of aryl methyl sites for hydroxylation is 1. The SMILES string of the molecule is C[C@H](O)CCc1ccc(O)c(NC(=O)OC(C)(C)C)c1. The van der Waals surface area contributed by atoms with Gasteiger partial charge < -0.3 is 14.9 Å². The van der Waals surface area contributed by atoms with E-state index in [0.29, 0.717) is 18.5 Å². The van der Waals surface area contributed by atoms with Crippen LogP contribution in [-0.4, -0.2) is 28.0 Å². The van der Waals surface area contributed by atoms with E-state index in [-0.39, 0.29) is 11.9 Å². The van der Waals surface area contributed by atoms with Crippen LogP contribution in [-0.2, 0) is 11.2 Å². The number of phenols is 1. The van der Waals surface area contributed by atoms with Crippen molar-refractivity contribution in [3.05, 3.63) is 23.8 Å². The van der Waals surface area contributed by atoms with Crippen molar-refractivity contribution in [3.8, 4) is 5.75 Å². The zero-order valence-corrected chi connectivity index (χ0v) is 12.4. The fourth-order valence-electron chi connectivity index (χ4n) is 1.63. The topological polar surface area (TPSA) is 78.8 Å². The van der Waals surface area contributed by atoms with Crippen molar-refractivity contribution in [2.24, 2.45) is 0 Å². The molecule has 0 aromatic heterocycles. The summed E-state index contributed by atoms with van der Waals surface area (Å²) >= 11 is 0. The second-order valence-electron chi connectivity index (χ2n) is 5.87. The molecule has 20 heavy (non-hydrogen) atoms. The van der Waals surface area contributed by atoms with Crippen molar-refractivity contribution in [2.75, 3.05) is 5.32 Å². The van der Waals surface area contributed by atoms with Gasteiger partial charge in [0, 0.05) is 0 Å². The Labute approximate surface area is 119 Å². The number of carbonyl (C=O) groups is 1. The lowest BCUT2D eigenvalue weighted by molar-refractivity contribution is 0.0635. The van der Waals surface area contributed by atoms with Crippen LogP contribution >= 0.6 is 0 Å². The van der Waals surface area contributed by atoms with Gasteiger partial charge in [-0.3, -0.25) is 5.32 Å². The third-order valence-corrected chi connectivity index (χ3v) is 2.55. The summed E-state index contributed by atoms with van der Waals surface area (Å²) in [7, 11) is 0. The number of nitrogens with one attached hydrogen (secondary N) is 1. The summed E-state index contributed by atoms with van der Waals surface area (Å²) < 4.78 is 5.13. The lowest BCUT2D eigenvalue weighted by atomic mass is 10.1. The first-order valence-corrected chi connectivity index (χ1v) is 6.67. The molecule has 0 aliphatic carbocycles. The van der Waals surface area contributed by atoms with Crippen LogP contribution in [0.3, 0.4) is 0 Å². The van der Waals surface area contributed by atoms with Crippen molar-refractivity contribution in [3.63, 3.8) is 0 Å². The van der Waals surface area contributed by atoms with E-state index < -0.39 is 11.7 Å². The van der Waals surface area contributed by atoms with Crippen LogP contribution < -0.4 is 5.32 Å². The van der Waals surface area contributed by atoms with Gasteiger partial charge in [0.2, 0.25) is 0 Å². The molecule has 0 saturated carbocycles. The first-order chi connectivity index (χ1) is 9.17. The molecule has 0 heterocycles. The monoisotopic (exact) mass is 281 g/mol. The van der Waals surface area contributed by atoms with Gasteiger partial charge in [0.25, 0.3) is 0 Å². The van der Waals surface area contributed by atoms with Crippen LogP contribution in [0.1, 0.15) is 39.7 Å². The second kappa shape index (κ2) is 6.61. The van der Waals surface area contributed by atoms with Gasteiger partial charge in [-0.1, -0.05) is 6.07 Å². The van der Waals surface area contributed by atoms with Crippen LogP contribution in [0.5, 0.6) is 5.75 Å². The average molecular weight is 281 g/mol. The quantitative estimate of drug-likeness (QED) is 0.741. The minimum Gasteiger partial charge on any atom is -0.506 e. The van der Waals surface area contributed by atoms with Crippen molar-refractivity contribution >= 4 is 11.8 Å². The fourth-order valence-corrected chi connectivity index (χ4v) is 1.63. The number of aliphatic hydroxyl groups is 1. The molecular formula is C15H23NO4. The van der Waals surface area contributed by atoms with E-state index in [1.54, 1.807) is 39.8 Å². The summed E-state index contributed by atoms with van der Waals surface area (Å²) in [6.07, 6.45) is 0.295. The van der Waals surface area contributed by atoms with E-state index in [2.05, 4.69) is 5.32 Å². The number of rotatable bonds is 4. The van der Waals surface area contributed by atoms with Crippen LogP contribution in [0.2, 0.25) is 0 Å². The van der Waals surface area contributed by atoms with Gasteiger partial charge in [0.1, 0.15) is 11.4 Å². The molecule has 0 aliphatic heterocycles. The summed E-state index contributed by atoms with van der Waals surface area (Å²) in [6.45, 7) is 7.03. The number of carbonyl (C=O) groups excluding carboxylic acids is 1. The third-order valence-electron chi connectivity index (χ3n) is 2.55. The average Bonchev–Trinajstić information content (AvgIpc) is 2.27. The Morgan fingerprint density at radius 1 is 1.40 bits per heavy atom. The second-order valence-corrected chi connectivity index (χ2v) is 5.87. The number of aromatic hydroxyl groups is 1. The summed E-state index contributed by atoms with van der Waals surface area (Å²) in [5, 5.41) is 21.5. The lowest BCUT2D eigenvalue weighted by Crippen LogP contribution is -2.27. The standard InChI is InChI=1S/C15H23NO4/c1-10(17)5-6-11-7-8-13(18)12(9-11)16-14(19)20-15(2,3)4/h7-10,17-18H,5-6H2,1-4H3,(H,16,19)/t10-/m0/s1. The van der Waals surface area contributed by atoms with Gasteiger partial charge in [-0.2, -0.15) is 0 Å². The molecule has 0 spiro atoms. The molecule has 0 fully saturated rings. The highest BCUT2D eigenvalue weighted by Gasteiger charge is 2.17. The maximum Gasteiger partial charge on any atom is 0.412 e. The number of hydrogen-bond donors (Lipinski definition) is 3. The Hall–Kier alpha value is -1.75. The first kappa shape index (κ1) is 16.3. The molecule has 3 N–H and O–H groups in total.